The Balaban J connectivity index is 2.19. The second-order valence-corrected chi connectivity index (χ2v) is 6.54. The fraction of sp³-hybridized carbons (Fsp3) is 0.526. The molecule has 24 heavy (non-hydrogen) atoms. The summed E-state index contributed by atoms with van der Waals surface area (Å²) in [5.74, 6) is 0.495. The molecule has 1 heterocycles. The molecular weight excluding hydrogens is 304 g/mol. The van der Waals surface area contributed by atoms with E-state index >= 15 is 0 Å². The summed E-state index contributed by atoms with van der Waals surface area (Å²) in [6.45, 7) is 7.41. The predicted molar refractivity (Wildman–Crippen MR) is 97.4 cm³/mol. The van der Waals surface area contributed by atoms with Crippen molar-refractivity contribution in [2.45, 2.75) is 33.2 Å². The Morgan fingerprint density at radius 3 is 2.71 bits per heavy atom. The normalized spacial score (nSPS) is 12.7. The van der Waals surface area contributed by atoms with Gasteiger partial charge in [-0.15, -0.1) is 0 Å². The molecule has 1 atom stereocenters. The van der Waals surface area contributed by atoms with Crippen LogP contribution in [0.1, 0.15) is 27.2 Å². The van der Waals surface area contributed by atoms with Crippen LogP contribution in [0, 0.1) is 5.92 Å². The molecule has 5 heteroatoms. The molecule has 1 N–H and O–H groups in total. The third-order valence-corrected chi connectivity index (χ3v) is 3.99. The van der Waals surface area contributed by atoms with E-state index in [1.165, 1.54) is 0 Å². The van der Waals surface area contributed by atoms with Crippen molar-refractivity contribution in [3.63, 3.8) is 0 Å². The van der Waals surface area contributed by atoms with E-state index in [9.17, 15) is 4.79 Å². The molecule has 1 aromatic carbocycles. The van der Waals surface area contributed by atoms with Crippen LogP contribution < -0.4 is 4.90 Å². The number of aromatic nitrogens is 1. The van der Waals surface area contributed by atoms with Crippen molar-refractivity contribution in [1.82, 2.24) is 4.98 Å². The third-order valence-electron chi connectivity index (χ3n) is 3.99. The molecule has 1 aromatic heterocycles. The van der Waals surface area contributed by atoms with E-state index < -0.39 is 0 Å². The van der Waals surface area contributed by atoms with E-state index in [1.54, 1.807) is 7.11 Å². The van der Waals surface area contributed by atoms with E-state index in [0.717, 1.165) is 23.0 Å². The Morgan fingerprint density at radius 1 is 1.21 bits per heavy atom. The minimum Gasteiger partial charge on any atom is -0.382 e. The van der Waals surface area contributed by atoms with Gasteiger partial charge in [-0.2, -0.15) is 0 Å². The maximum Gasteiger partial charge on any atom is 0.253 e. The zero-order valence-corrected chi connectivity index (χ0v) is 15.0. The Kier molecular flexibility index (Phi) is 6.82. The number of fused-ring (bicyclic) bond motifs is 1. The summed E-state index contributed by atoms with van der Waals surface area (Å²) in [6.07, 6.45) is 2.85. The molecule has 0 bridgehead atoms. The Morgan fingerprint density at radius 2 is 2.00 bits per heavy atom. The summed E-state index contributed by atoms with van der Waals surface area (Å²) in [7, 11) is 1.62. The van der Waals surface area contributed by atoms with Gasteiger partial charge in [0.05, 0.1) is 13.2 Å². The first-order valence-corrected chi connectivity index (χ1v) is 8.48. The monoisotopic (exact) mass is 332 g/mol. The second-order valence-electron chi connectivity index (χ2n) is 6.54. The highest BCUT2D eigenvalue weighted by Gasteiger charge is 2.23. The van der Waals surface area contributed by atoms with Gasteiger partial charge in [0.25, 0.3) is 5.91 Å². The fourth-order valence-corrected chi connectivity index (χ4v) is 2.99. The SMILES string of the molecule is COCCOCC(=O)N(c1ccc2[nH]ccc2c1)C(C)CC(C)C. The number of rotatable bonds is 9. The molecule has 5 nitrogen and oxygen atoms in total. The van der Waals surface area contributed by atoms with Crippen molar-refractivity contribution in [3.05, 3.63) is 30.5 Å². The van der Waals surface area contributed by atoms with Gasteiger partial charge in [0.15, 0.2) is 0 Å². The number of methoxy groups -OCH3 is 1. The molecule has 0 aliphatic carbocycles. The van der Waals surface area contributed by atoms with Gasteiger partial charge >= 0.3 is 0 Å². The molecule has 132 valence electrons. The maximum atomic E-state index is 12.8. The fourth-order valence-electron chi connectivity index (χ4n) is 2.99. The van der Waals surface area contributed by atoms with Gasteiger partial charge in [0, 0.05) is 35.9 Å². The highest BCUT2D eigenvalue weighted by Crippen LogP contribution is 2.25. The van der Waals surface area contributed by atoms with Crippen LogP contribution in [-0.4, -0.2) is 43.9 Å². The maximum absolute atomic E-state index is 12.8. The topological polar surface area (TPSA) is 54.6 Å². The number of hydrogen-bond donors (Lipinski definition) is 1. The smallest absolute Gasteiger partial charge is 0.253 e. The average Bonchev–Trinajstić information content (AvgIpc) is 2.99. The summed E-state index contributed by atoms with van der Waals surface area (Å²) < 4.78 is 10.4. The quantitative estimate of drug-likeness (QED) is 0.714. The highest BCUT2D eigenvalue weighted by atomic mass is 16.5. The average molecular weight is 332 g/mol. The van der Waals surface area contributed by atoms with Crippen LogP contribution in [0.15, 0.2) is 30.5 Å². The summed E-state index contributed by atoms with van der Waals surface area (Å²) in [6, 6.07) is 8.18. The number of ether oxygens (including phenoxy) is 2. The molecule has 0 radical (unpaired) electrons. The first kappa shape index (κ1) is 18.5. The molecule has 1 amide bonds. The van der Waals surface area contributed by atoms with Crippen molar-refractivity contribution in [2.75, 3.05) is 31.8 Å². The number of benzene rings is 1. The van der Waals surface area contributed by atoms with Crippen LogP contribution in [0.5, 0.6) is 0 Å². The van der Waals surface area contributed by atoms with Crippen LogP contribution in [0.2, 0.25) is 0 Å². The molecule has 1 unspecified atom stereocenters. The number of carbonyl (C=O) groups is 1. The molecule has 0 fully saturated rings. The molecule has 0 spiro atoms. The van der Waals surface area contributed by atoms with Crippen molar-refractivity contribution in [3.8, 4) is 0 Å². The minimum atomic E-state index is -0.0193. The molecule has 0 saturated heterocycles. The number of anilines is 1. The van der Waals surface area contributed by atoms with Gasteiger partial charge in [0.2, 0.25) is 0 Å². The van der Waals surface area contributed by atoms with Crippen LogP contribution in [-0.2, 0) is 14.3 Å². The third kappa shape index (κ3) is 4.82. The van der Waals surface area contributed by atoms with Gasteiger partial charge < -0.3 is 19.4 Å². The van der Waals surface area contributed by atoms with Gasteiger partial charge in [-0.05, 0) is 43.5 Å². The predicted octanol–water partition coefficient (Wildman–Crippen LogP) is 3.60. The summed E-state index contributed by atoms with van der Waals surface area (Å²) in [5.41, 5.74) is 1.98. The van der Waals surface area contributed by atoms with Crippen molar-refractivity contribution in [1.29, 1.82) is 0 Å². The van der Waals surface area contributed by atoms with E-state index in [0.29, 0.717) is 19.1 Å². The zero-order chi connectivity index (χ0) is 17.5. The summed E-state index contributed by atoms with van der Waals surface area (Å²) >= 11 is 0. The molecular formula is C19H28N2O3. The van der Waals surface area contributed by atoms with E-state index in [4.69, 9.17) is 9.47 Å². The lowest BCUT2D eigenvalue weighted by molar-refractivity contribution is -0.124. The largest absolute Gasteiger partial charge is 0.382 e. The number of amides is 1. The molecule has 2 aromatic rings. The Bertz CT molecular complexity index is 651. The number of H-pyrrole nitrogens is 1. The van der Waals surface area contributed by atoms with Gasteiger partial charge in [0.1, 0.15) is 6.61 Å². The molecule has 2 rings (SSSR count). The molecule has 0 aliphatic rings. The van der Waals surface area contributed by atoms with Gasteiger partial charge in [-0.3, -0.25) is 4.79 Å². The Labute approximate surface area is 143 Å². The van der Waals surface area contributed by atoms with Crippen LogP contribution >= 0.6 is 0 Å². The first-order chi connectivity index (χ1) is 11.5. The zero-order valence-electron chi connectivity index (χ0n) is 15.0. The van der Waals surface area contributed by atoms with E-state index in [-0.39, 0.29) is 18.6 Å². The summed E-state index contributed by atoms with van der Waals surface area (Å²) in [5, 5.41) is 1.10. The minimum absolute atomic E-state index is 0.0193. The number of aromatic amines is 1. The standard InChI is InChI=1S/C19H28N2O3/c1-14(2)11-15(3)21(19(22)13-24-10-9-23-4)17-5-6-18-16(12-17)7-8-20-18/h5-8,12,14-15,20H,9-11,13H2,1-4H3. The second kappa shape index (κ2) is 8.85. The van der Waals surface area contributed by atoms with Crippen LogP contribution in [0.3, 0.4) is 0 Å². The Hall–Kier alpha value is -1.85. The number of carbonyl (C=O) groups excluding carboxylic acids is 1. The lowest BCUT2D eigenvalue weighted by Gasteiger charge is -2.30. The highest BCUT2D eigenvalue weighted by molar-refractivity contribution is 5.97. The number of nitrogens with one attached hydrogen (secondary N) is 1. The van der Waals surface area contributed by atoms with E-state index in [1.807, 2.05) is 29.3 Å². The number of hydrogen-bond acceptors (Lipinski definition) is 3. The van der Waals surface area contributed by atoms with E-state index in [2.05, 4.69) is 31.8 Å². The lowest BCUT2D eigenvalue weighted by atomic mass is 10.0. The van der Waals surface area contributed by atoms with Crippen LogP contribution in [0.25, 0.3) is 10.9 Å². The number of nitrogens with zero attached hydrogens (tertiary/aromatic N) is 1. The van der Waals surface area contributed by atoms with Gasteiger partial charge in [-0.1, -0.05) is 13.8 Å². The van der Waals surface area contributed by atoms with Crippen LogP contribution in [0.4, 0.5) is 5.69 Å². The molecule has 0 saturated carbocycles. The first-order valence-electron chi connectivity index (χ1n) is 8.48. The lowest BCUT2D eigenvalue weighted by Crippen LogP contribution is -2.41. The summed E-state index contributed by atoms with van der Waals surface area (Å²) in [4.78, 5) is 17.8. The van der Waals surface area contributed by atoms with Crippen molar-refractivity contribution >= 4 is 22.5 Å². The van der Waals surface area contributed by atoms with Crippen molar-refractivity contribution < 1.29 is 14.3 Å². The van der Waals surface area contributed by atoms with Crippen molar-refractivity contribution in [2.24, 2.45) is 5.92 Å². The molecule has 0 aliphatic heterocycles. The van der Waals surface area contributed by atoms with Gasteiger partial charge in [-0.25, -0.2) is 0 Å².